The highest BCUT2D eigenvalue weighted by Gasteiger charge is 2.41. The Balaban J connectivity index is 1.54. The number of Topliss-reactive ketones (excluding diaryl/α,β-unsaturated/α-hetero) is 1. The van der Waals surface area contributed by atoms with Crippen LogP contribution in [0.15, 0.2) is 102 Å². The summed E-state index contributed by atoms with van der Waals surface area (Å²) in [6.07, 6.45) is 9.19. The van der Waals surface area contributed by atoms with E-state index >= 15 is 0 Å². The molecule has 1 aliphatic rings. The molecule has 7 nitrogen and oxygen atoms in total. The normalized spacial score (nSPS) is 17.4. The van der Waals surface area contributed by atoms with Crippen molar-refractivity contribution in [1.82, 2.24) is 9.55 Å². The molecule has 4 aromatic rings. The number of nitriles is 1. The molecule has 3 aromatic carbocycles. The van der Waals surface area contributed by atoms with E-state index in [0.29, 0.717) is 22.5 Å². The topological polar surface area (TPSA) is 97.3 Å². The second kappa shape index (κ2) is 12.4. The van der Waals surface area contributed by atoms with Crippen molar-refractivity contribution in [3.05, 3.63) is 125 Å². The van der Waals surface area contributed by atoms with Gasteiger partial charge in [-0.05, 0) is 54.5 Å². The molecule has 210 valence electrons. The third-order valence-electron chi connectivity index (χ3n) is 7.43. The number of aliphatic imine (C=N–C) groups is 1. The van der Waals surface area contributed by atoms with Crippen molar-refractivity contribution in [2.45, 2.75) is 30.2 Å². The number of carbonyl (C=O) groups is 2. The number of ketones is 1. The van der Waals surface area contributed by atoms with Crippen LogP contribution in [0.25, 0.3) is 11.0 Å². The number of allylic oxidation sites excluding steroid dienone is 3. The SMILES string of the molecule is CCOC(=O)CC(C(=O)c1ccc2c(c1)nc(C(Cl)C1(c3ccc(C#N)cc3)C=CC=CC=N1)n2C)c1ccccc1. The lowest BCUT2D eigenvalue weighted by Gasteiger charge is -2.31. The zero-order valence-electron chi connectivity index (χ0n) is 23.3. The number of aromatic nitrogens is 2. The van der Waals surface area contributed by atoms with Crippen LogP contribution < -0.4 is 0 Å². The maximum Gasteiger partial charge on any atom is 0.306 e. The van der Waals surface area contributed by atoms with Crippen molar-refractivity contribution in [3.8, 4) is 6.07 Å². The number of fused-ring (bicyclic) bond motifs is 1. The number of nitrogens with zero attached hydrogens (tertiary/aromatic N) is 4. The first-order valence-corrected chi connectivity index (χ1v) is 14.1. The number of hydrogen-bond donors (Lipinski definition) is 0. The fourth-order valence-corrected chi connectivity index (χ4v) is 5.68. The van der Waals surface area contributed by atoms with Gasteiger partial charge in [-0.15, -0.1) is 11.6 Å². The number of esters is 1. The minimum absolute atomic E-state index is 0.0581. The van der Waals surface area contributed by atoms with Crippen molar-refractivity contribution in [3.63, 3.8) is 0 Å². The molecule has 0 radical (unpaired) electrons. The van der Waals surface area contributed by atoms with Crippen LogP contribution in [0, 0.1) is 11.3 Å². The van der Waals surface area contributed by atoms with Crippen LogP contribution in [-0.4, -0.2) is 34.1 Å². The summed E-state index contributed by atoms with van der Waals surface area (Å²) in [5.41, 5.74) is 2.93. The molecule has 0 saturated carbocycles. The highest BCUT2D eigenvalue weighted by atomic mass is 35.5. The fourth-order valence-electron chi connectivity index (χ4n) is 5.23. The number of halogens is 1. The Morgan fingerprint density at radius 1 is 1.05 bits per heavy atom. The van der Waals surface area contributed by atoms with Gasteiger partial charge in [0.15, 0.2) is 5.78 Å². The van der Waals surface area contributed by atoms with Crippen LogP contribution >= 0.6 is 11.6 Å². The second-order valence-electron chi connectivity index (χ2n) is 9.97. The zero-order valence-corrected chi connectivity index (χ0v) is 24.0. The maximum atomic E-state index is 13.8. The Hall–Kier alpha value is -4.80. The predicted octanol–water partition coefficient (Wildman–Crippen LogP) is 6.74. The van der Waals surface area contributed by atoms with E-state index in [2.05, 4.69) is 6.07 Å². The summed E-state index contributed by atoms with van der Waals surface area (Å²) in [5.74, 6) is -0.743. The van der Waals surface area contributed by atoms with Crippen molar-refractivity contribution in [1.29, 1.82) is 5.26 Å². The van der Waals surface area contributed by atoms with Gasteiger partial charge >= 0.3 is 5.97 Å². The Morgan fingerprint density at radius 2 is 1.81 bits per heavy atom. The number of alkyl halides is 1. The molecular weight excluding hydrogens is 548 g/mol. The van der Waals surface area contributed by atoms with Crippen molar-refractivity contribution in [2.24, 2.45) is 12.0 Å². The summed E-state index contributed by atoms with van der Waals surface area (Å²) in [7, 11) is 1.88. The molecule has 3 unspecified atom stereocenters. The lowest BCUT2D eigenvalue weighted by molar-refractivity contribution is -0.143. The smallest absolute Gasteiger partial charge is 0.306 e. The van der Waals surface area contributed by atoms with Crippen molar-refractivity contribution < 1.29 is 14.3 Å². The van der Waals surface area contributed by atoms with Crippen molar-refractivity contribution in [2.75, 3.05) is 6.61 Å². The summed E-state index contributed by atoms with van der Waals surface area (Å²) < 4.78 is 7.07. The molecule has 5 rings (SSSR count). The standard InChI is InChI=1S/C34H29ClN4O3/c1-3-42-30(40)21-27(24-10-6-4-7-11-24)31(41)25-14-17-29-28(20-25)38-33(39(29)2)32(35)34(18-8-5-9-19-37-34)26-15-12-23(22-36)13-16-26/h4-20,27,32H,3,21H2,1-2H3. The number of rotatable bonds is 9. The third kappa shape index (κ3) is 5.54. The summed E-state index contributed by atoms with van der Waals surface area (Å²) >= 11 is 7.26. The third-order valence-corrected chi connectivity index (χ3v) is 7.96. The van der Waals surface area contributed by atoms with Gasteiger partial charge in [0, 0.05) is 18.8 Å². The molecule has 0 N–H and O–H groups in total. The van der Waals surface area contributed by atoms with E-state index in [1.807, 2.05) is 84.4 Å². The van der Waals surface area contributed by atoms with Gasteiger partial charge in [0.2, 0.25) is 0 Å². The number of carbonyl (C=O) groups excluding carboxylic acids is 2. The fraction of sp³-hybridized carbons (Fsp3) is 0.206. The average molecular weight is 577 g/mol. The molecule has 1 aliphatic heterocycles. The second-order valence-corrected chi connectivity index (χ2v) is 10.4. The average Bonchev–Trinajstić information content (AvgIpc) is 3.17. The molecule has 3 atom stereocenters. The largest absolute Gasteiger partial charge is 0.466 e. The minimum atomic E-state index is -0.995. The number of ether oxygens (including phenoxy) is 1. The predicted molar refractivity (Wildman–Crippen MR) is 164 cm³/mol. The summed E-state index contributed by atoms with van der Waals surface area (Å²) in [5, 5.41) is 8.56. The first-order chi connectivity index (χ1) is 20.4. The van der Waals surface area contributed by atoms with E-state index in [-0.39, 0.29) is 18.8 Å². The summed E-state index contributed by atoms with van der Waals surface area (Å²) in [6.45, 7) is 1.99. The molecule has 0 saturated heterocycles. The Bertz CT molecular complexity index is 1730. The zero-order chi connectivity index (χ0) is 29.7. The van der Waals surface area contributed by atoms with Gasteiger partial charge in [-0.1, -0.05) is 60.7 Å². The van der Waals surface area contributed by atoms with Crippen LogP contribution in [0.5, 0.6) is 0 Å². The Labute approximate surface area is 249 Å². The lowest BCUT2D eigenvalue weighted by atomic mass is 9.85. The van der Waals surface area contributed by atoms with Crippen LogP contribution in [0.4, 0.5) is 0 Å². The molecular formula is C34H29ClN4O3. The maximum absolute atomic E-state index is 13.8. The molecule has 2 heterocycles. The van der Waals surface area contributed by atoms with Gasteiger partial charge in [0.05, 0.1) is 41.6 Å². The van der Waals surface area contributed by atoms with Crippen LogP contribution in [0.3, 0.4) is 0 Å². The van der Waals surface area contributed by atoms with E-state index in [9.17, 15) is 14.9 Å². The number of hydrogen-bond acceptors (Lipinski definition) is 6. The van der Waals surface area contributed by atoms with E-state index in [4.69, 9.17) is 26.3 Å². The quantitative estimate of drug-likeness (QED) is 0.125. The van der Waals surface area contributed by atoms with E-state index in [0.717, 1.165) is 16.6 Å². The molecule has 0 bridgehead atoms. The van der Waals surface area contributed by atoms with E-state index < -0.39 is 22.8 Å². The van der Waals surface area contributed by atoms with Gasteiger partial charge in [0.25, 0.3) is 0 Å². The van der Waals surface area contributed by atoms with Gasteiger partial charge in [-0.2, -0.15) is 5.26 Å². The number of aryl methyl sites for hydroxylation is 1. The van der Waals surface area contributed by atoms with Crippen LogP contribution in [0.2, 0.25) is 0 Å². The van der Waals surface area contributed by atoms with Gasteiger partial charge in [-0.25, -0.2) is 4.98 Å². The lowest BCUT2D eigenvalue weighted by Crippen LogP contribution is -2.28. The Kier molecular flexibility index (Phi) is 8.46. The monoisotopic (exact) mass is 576 g/mol. The van der Waals surface area contributed by atoms with Crippen molar-refractivity contribution >= 4 is 40.6 Å². The molecule has 0 aliphatic carbocycles. The van der Waals surface area contributed by atoms with E-state index in [1.54, 1.807) is 37.4 Å². The Morgan fingerprint density at radius 3 is 2.52 bits per heavy atom. The number of imidazole rings is 1. The summed E-state index contributed by atoms with van der Waals surface area (Å²) in [4.78, 5) is 36.0. The number of benzene rings is 3. The minimum Gasteiger partial charge on any atom is -0.466 e. The summed E-state index contributed by atoms with van der Waals surface area (Å²) in [6, 6.07) is 23.9. The van der Waals surface area contributed by atoms with Gasteiger partial charge < -0.3 is 9.30 Å². The molecule has 0 fully saturated rings. The molecule has 8 heteroatoms. The molecule has 0 spiro atoms. The highest BCUT2D eigenvalue weighted by molar-refractivity contribution is 6.22. The van der Waals surface area contributed by atoms with E-state index in [1.165, 1.54) is 0 Å². The molecule has 42 heavy (non-hydrogen) atoms. The first kappa shape index (κ1) is 28.7. The first-order valence-electron chi connectivity index (χ1n) is 13.6. The highest BCUT2D eigenvalue weighted by Crippen LogP contribution is 2.45. The van der Waals surface area contributed by atoms with Gasteiger partial charge in [-0.3, -0.25) is 14.6 Å². The van der Waals surface area contributed by atoms with Gasteiger partial charge in [0.1, 0.15) is 16.7 Å². The van der Waals surface area contributed by atoms with Crippen LogP contribution in [0.1, 0.15) is 57.5 Å². The van der Waals surface area contributed by atoms with Crippen LogP contribution in [-0.2, 0) is 22.1 Å². The molecule has 1 aromatic heterocycles. The molecule has 0 amide bonds.